The lowest BCUT2D eigenvalue weighted by Crippen LogP contribution is -2.40. The quantitative estimate of drug-likeness (QED) is 0.544. The van der Waals surface area contributed by atoms with Gasteiger partial charge < -0.3 is 23.3 Å². The zero-order valence-electron chi connectivity index (χ0n) is 17.6. The number of benzene rings is 2. The minimum Gasteiger partial charge on any atom is -0.507 e. The summed E-state index contributed by atoms with van der Waals surface area (Å²) in [6.45, 7) is 3.68. The Kier molecular flexibility index (Phi) is 8.15. The number of hydrogen-bond donors (Lipinski definition) is 1. The van der Waals surface area contributed by atoms with Gasteiger partial charge in [-0.1, -0.05) is 25.5 Å². The summed E-state index contributed by atoms with van der Waals surface area (Å²) < 4.78 is 15.0. The van der Waals surface area contributed by atoms with Crippen LogP contribution in [0.5, 0.6) is 23.0 Å². The van der Waals surface area contributed by atoms with Crippen LogP contribution >= 0.6 is 23.7 Å². The number of phenolic OH excluding ortho intramolecular Hbond substituents is 1. The first-order valence-corrected chi connectivity index (χ1v) is 11.0. The van der Waals surface area contributed by atoms with Crippen molar-refractivity contribution in [2.45, 2.75) is 38.5 Å². The zero-order valence-corrected chi connectivity index (χ0v) is 19.2. The molecule has 0 bridgehead atoms. The fraction of sp³-hybridized carbons (Fsp3) is 0.435. The number of phenols is 1. The molecule has 0 saturated carbocycles. The standard InChI is InChI=1S/C23H27Cl2NO5/c1-3-15-5-4-10-26(14-15)22(28)13-19(16-6-8-17(30-24)9-7-16)23-20(27)11-18(31-25)12-21(23)29-2/h6-9,11-12,15,19,27H,3-5,10,13-14H2,1-2H3. The van der Waals surface area contributed by atoms with Crippen LogP contribution in [-0.2, 0) is 4.79 Å². The molecule has 1 N–H and O–H groups in total. The second-order valence-corrected chi connectivity index (χ2v) is 8.10. The van der Waals surface area contributed by atoms with E-state index in [2.05, 4.69) is 6.92 Å². The van der Waals surface area contributed by atoms with Gasteiger partial charge >= 0.3 is 0 Å². The summed E-state index contributed by atoms with van der Waals surface area (Å²) in [5.41, 5.74) is 1.32. The van der Waals surface area contributed by atoms with Crippen LogP contribution in [0, 0.1) is 5.92 Å². The highest BCUT2D eigenvalue weighted by molar-refractivity contribution is 6.09. The van der Waals surface area contributed by atoms with Gasteiger partial charge in [0, 0.05) is 43.1 Å². The Morgan fingerprint density at radius 2 is 1.90 bits per heavy atom. The second-order valence-electron chi connectivity index (χ2n) is 7.79. The molecular weight excluding hydrogens is 441 g/mol. The maximum absolute atomic E-state index is 13.3. The highest BCUT2D eigenvalue weighted by atomic mass is 35.5. The van der Waals surface area contributed by atoms with E-state index in [1.807, 2.05) is 17.0 Å². The molecule has 31 heavy (non-hydrogen) atoms. The summed E-state index contributed by atoms with van der Waals surface area (Å²) in [7, 11) is 1.50. The number of ether oxygens (including phenoxy) is 1. The number of methoxy groups -OCH3 is 1. The van der Waals surface area contributed by atoms with Crippen molar-refractivity contribution in [3.8, 4) is 23.0 Å². The van der Waals surface area contributed by atoms with Crippen LogP contribution in [0.3, 0.4) is 0 Å². The summed E-state index contributed by atoms with van der Waals surface area (Å²) in [5.74, 6) is 1.18. The van der Waals surface area contributed by atoms with Gasteiger partial charge in [-0.05, 0) is 36.5 Å². The van der Waals surface area contributed by atoms with Crippen LogP contribution in [-0.4, -0.2) is 36.1 Å². The number of halogens is 2. The summed E-state index contributed by atoms with van der Waals surface area (Å²) in [5, 5.41) is 10.8. The minimum atomic E-state index is -0.446. The van der Waals surface area contributed by atoms with Crippen molar-refractivity contribution in [1.29, 1.82) is 0 Å². The molecule has 2 unspecified atom stereocenters. The average Bonchev–Trinajstić information content (AvgIpc) is 2.82. The molecule has 3 rings (SSSR count). The third-order valence-corrected chi connectivity index (χ3v) is 6.31. The maximum Gasteiger partial charge on any atom is 0.223 e. The van der Waals surface area contributed by atoms with Crippen LogP contribution in [0.15, 0.2) is 36.4 Å². The highest BCUT2D eigenvalue weighted by Gasteiger charge is 2.30. The number of piperidine rings is 1. The molecule has 1 fully saturated rings. The van der Waals surface area contributed by atoms with E-state index in [-0.39, 0.29) is 23.8 Å². The van der Waals surface area contributed by atoms with Crippen LogP contribution < -0.4 is 13.3 Å². The highest BCUT2D eigenvalue weighted by Crippen LogP contribution is 2.43. The van der Waals surface area contributed by atoms with Gasteiger partial charge in [-0.25, -0.2) is 0 Å². The van der Waals surface area contributed by atoms with Gasteiger partial charge in [-0.15, -0.1) is 0 Å². The number of amides is 1. The van der Waals surface area contributed by atoms with Crippen LogP contribution in [0.1, 0.15) is 49.7 Å². The molecule has 1 aliphatic heterocycles. The van der Waals surface area contributed by atoms with Crippen LogP contribution in [0.25, 0.3) is 0 Å². The van der Waals surface area contributed by atoms with E-state index < -0.39 is 5.92 Å². The largest absolute Gasteiger partial charge is 0.507 e. The van der Waals surface area contributed by atoms with Crippen molar-refractivity contribution in [3.63, 3.8) is 0 Å². The first kappa shape index (κ1) is 23.4. The summed E-state index contributed by atoms with van der Waals surface area (Å²) in [6, 6.07) is 10.1. The van der Waals surface area contributed by atoms with E-state index in [1.54, 1.807) is 18.2 Å². The van der Waals surface area contributed by atoms with E-state index in [0.29, 0.717) is 23.0 Å². The second kappa shape index (κ2) is 10.8. The van der Waals surface area contributed by atoms with E-state index in [9.17, 15) is 9.90 Å². The summed E-state index contributed by atoms with van der Waals surface area (Å²) in [4.78, 5) is 15.2. The SMILES string of the molecule is CCC1CCCN(C(=O)CC(c2ccc(OCl)cc2)c2c(O)cc(OCl)cc2OC)C1. The van der Waals surface area contributed by atoms with Gasteiger partial charge in [-0.2, -0.15) is 0 Å². The molecule has 1 heterocycles. The monoisotopic (exact) mass is 467 g/mol. The van der Waals surface area contributed by atoms with Gasteiger partial charge in [0.25, 0.3) is 0 Å². The first-order valence-electron chi connectivity index (χ1n) is 10.4. The third kappa shape index (κ3) is 5.49. The Morgan fingerprint density at radius 1 is 1.19 bits per heavy atom. The molecule has 6 nitrogen and oxygen atoms in total. The molecule has 8 heteroatoms. The van der Waals surface area contributed by atoms with E-state index in [4.69, 9.17) is 37.0 Å². The fourth-order valence-corrected chi connectivity index (χ4v) is 4.41. The van der Waals surface area contributed by atoms with Crippen molar-refractivity contribution < 1.29 is 23.2 Å². The van der Waals surface area contributed by atoms with Crippen molar-refractivity contribution in [2.75, 3.05) is 20.2 Å². The molecular formula is C23H27Cl2NO5. The molecule has 2 aromatic carbocycles. The number of likely N-dealkylation sites (tertiary alicyclic amines) is 1. The molecule has 0 aromatic heterocycles. The van der Waals surface area contributed by atoms with Gasteiger partial charge in [0.1, 0.15) is 41.0 Å². The van der Waals surface area contributed by atoms with Crippen LogP contribution in [0.2, 0.25) is 0 Å². The third-order valence-electron chi connectivity index (χ3n) is 5.95. The van der Waals surface area contributed by atoms with Crippen LogP contribution in [0.4, 0.5) is 0 Å². The number of nitrogens with zero attached hydrogens (tertiary/aromatic N) is 1. The topological polar surface area (TPSA) is 68.2 Å². The molecule has 2 aromatic rings. The number of rotatable bonds is 8. The Morgan fingerprint density at radius 3 is 2.52 bits per heavy atom. The van der Waals surface area contributed by atoms with Gasteiger partial charge in [0.05, 0.1) is 7.11 Å². The molecule has 168 valence electrons. The molecule has 1 amide bonds. The van der Waals surface area contributed by atoms with E-state index in [1.165, 1.54) is 13.2 Å². The lowest BCUT2D eigenvalue weighted by molar-refractivity contribution is -0.133. The number of aromatic hydroxyl groups is 1. The molecule has 0 aliphatic carbocycles. The fourth-order valence-electron chi connectivity index (χ4n) is 4.22. The molecule has 0 radical (unpaired) electrons. The van der Waals surface area contributed by atoms with Crippen molar-refractivity contribution in [2.24, 2.45) is 5.92 Å². The van der Waals surface area contributed by atoms with E-state index >= 15 is 0 Å². The molecule has 2 atom stereocenters. The van der Waals surface area contributed by atoms with Gasteiger partial charge in [-0.3, -0.25) is 4.79 Å². The Labute approximate surface area is 193 Å². The normalized spacial score (nSPS) is 17.2. The van der Waals surface area contributed by atoms with Gasteiger partial charge in [0.15, 0.2) is 5.75 Å². The lowest BCUT2D eigenvalue weighted by atomic mass is 9.86. The smallest absolute Gasteiger partial charge is 0.223 e. The minimum absolute atomic E-state index is 0.0416. The predicted molar refractivity (Wildman–Crippen MR) is 120 cm³/mol. The van der Waals surface area contributed by atoms with Gasteiger partial charge in [0.2, 0.25) is 5.91 Å². The lowest BCUT2D eigenvalue weighted by Gasteiger charge is -2.33. The number of carbonyl (C=O) groups is 1. The maximum atomic E-state index is 13.3. The number of hydrogen-bond acceptors (Lipinski definition) is 5. The zero-order chi connectivity index (χ0) is 22.4. The van der Waals surface area contributed by atoms with Crippen molar-refractivity contribution in [3.05, 3.63) is 47.5 Å². The van der Waals surface area contributed by atoms with E-state index in [0.717, 1.165) is 37.9 Å². The average molecular weight is 468 g/mol. The van der Waals surface area contributed by atoms with Crippen molar-refractivity contribution >= 4 is 29.6 Å². The summed E-state index contributed by atoms with van der Waals surface area (Å²) >= 11 is 10.9. The predicted octanol–water partition coefficient (Wildman–Crippen LogP) is 5.64. The molecule has 1 aliphatic rings. The summed E-state index contributed by atoms with van der Waals surface area (Å²) in [6.07, 6.45) is 3.40. The first-order chi connectivity index (χ1) is 15.0. The molecule has 1 saturated heterocycles. The Balaban J connectivity index is 1.98. The molecule has 0 spiro atoms. The number of carbonyl (C=O) groups excluding carboxylic acids is 1. The Hall–Kier alpha value is -2.31. The van der Waals surface area contributed by atoms with Crippen molar-refractivity contribution in [1.82, 2.24) is 4.90 Å². The Bertz CT molecular complexity index is 890.